The Balaban J connectivity index is 2.46. The van der Waals surface area contributed by atoms with Gasteiger partial charge in [-0.25, -0.2) is 5.90 Å². The topological polar surface area (TPSA) is 98.6 Å². The summed E-state index contributed by atoms with van der Waals surface area (Å²) in [4.78, 5) is 16.3. The van der Waals surface area contributed by atoms with Crippen LogP contribution in [0.1, 0.15) is 16.7 Å². The van der Waals surface area contributed by atoms with Crippen LogP contribution in [0.15, 0.2) is 54.6 Å². The number of carbonyl (C=O) groups is 1. The maximum atomic E-state index is 11.8. The molecule has 1 atom stereocenters. The van der Waals surface area contributed by atoms with Gasteiger partial charge in [0.1, 0.15) is 0 Å². The zero-order valence-electron chi connectivity index (χ0n) is 10.8. The average Bonchev–Trinajstić information content (AvgIpc) is 2.48. The summed E-state index contributed by atoms with van der Waals surface area (Å²) in [6, 6.07) is 15.3. The van der Waals surface area contributed by atoms with Crippen LogP contribution in [0.25, 0.3) is 0 Å². The second kappa shape index (κ2) is 5.83. The summed E-state index contributed by atoms with van der Waals surface area (Å²) in [5, 5.41) is 10.7. The van der Waals surface area contributed by atoms with E-state index in [1.165, 1.54) is 0 Å². The summed E-state index contributed by atoms with van der Waals surface area (Å²) in [5.41, 5.74) is 5.20. The van der Waals surface area contributed by atoms with Gasteiger partial charge in [0.2, 0.25) is 0 Å². The molecule has 1 unspecified atom stereocenters. The van der Waals surface area contributed by atoms with Crippen LogP contribution in [0.4, 0.5) is 0 Å². The first-order valence-corrected chi connectivity index (χ1v) is 6.08. The molecular weight excluding hydrogens is 256 g/mol. The summed E-state index contributed by atoms with van der Waals surface area (Å²) >= 11 is 0. The number of hydrogen-bond donors (Lipinski definition) is 3. The van der Waals surface area contributed by atoms with Crippen LogP contribution in [-0.2, 0) is 21.8 Å². The van der Waals surface area contributed by atoms with Gasteiger partial charge in [-0.2, -0.15) is 0 Å². The number of benzene rings is 2. The molecule has 0 radical (unpaired) electrons. The molecule has 0 bridgehead atoms. The monoisotopic (exact) mass is 272 g/mol. The number of primary amides is 1. The quantitative estimate of drug-likeness (QED) is 0.701. The number of carbonyl (C=O) groups excluding carboxylic acids is 1. The fraction of sp³-hybridized carbons (Fsp3) is 0.133. The summed E-state index contributed by atoms with van der Waals surface area (Å²) in [5.74, 6) is 4.17. The van der Waals surface area contributed by atoms with Crippen molar-refractivity contribution < 1.29 is 14.7 Å². The third-order valence-corrected chi connectivity index (χ3v) is 3.17. The van der Waals surface area contributed by atoms with Crippen molar-refractivity contribution in [1.29, 1.82) is 0 Å². The Morgan fingerprint density at radius 2 is 1.60 bits per heavy atom. The van der Waals surface area contributed by atoms with Crippen LogP contribution in [0.2, 0.25) is 0 Å². The second-order valence-electron chi connectivity index (χ2n) is 4.45. The first-order valence-electron chi connectivity index (χ1n) is 6.08. The van der Waals surface area contributed by atoms with E-state index in [1.807, 2.05) is 0 Å². The first kappa shape index (κ1) is 14.2. The summed E-state index contributed by atoms with van der Waals surface area (Å²) in [6.07, 6.45) is 0. The molecule has 104 valence electrons. The van der Waals surface area contributed by atoms with E-state index < -0.39 is 11.5 Å². The first-order chi connectivity index (χ1) is 9.59. The molecule has 0 aliphatic heterocycles. The molecular formula is C15H16N2O3. The van der Waals surface area contributed by atoms with E-state index in [0.717, 1.165) is 5.56 Å². The molecule has 5 heteroatoms. The van der Waals surface area contributed by atoms with Gasteiger partial charge in [0.15, 0.2) is 5.60 Å². The highest BCUT2D eigenvalue weighted by atomic mass is 16.6. The van der Waals surface area contributed by atoms with Crippen LogP contribution in [-0.4, -0.2) is 11.0 Å². The fourth-order valence-electron chi connectivity index (χ4n) is 2.07. The molecule has 20 heavy (non-hydrogen) atoms. The lowest BCUT2D eigenvalue weighted by Crippen LogP contribution is -2.42. The Hall–Kier alpha value is -2.21. The Morgan fingerprint density at radius 3 is 2.10 bits per heavy atom. The van der Waals surface area contributed by atoms with Gasteiger partial charge in [0.05, 0.1) is 6.61 Å². The molecule has 2 rings (SSSR count). The van der Waals surface area contributed by atoms with Crippen molar-refractivity contribution in [2.75, 3.05) is 0 Å². The number of aliphatic hydroxyl groups is 1. The van der Waals surface area contributed by atoms with Crippen molar-refractivity contribution >= 4 is 5.91 Å². The summed E-state index contributed by atoms with van der Waals surface area (Å²) < 4.78 is 0. The van der Waals surface area contributed by atoms with E-state index >= 15 is 0 Å². The Kier molecular flexibility index (Phi) is 4.14. The lowest BCUT2D eigenvalue weighted by molar-refractivity contribution is -0.133. The highest BCUT2D eigenvalue weighted by Gasteiger charge is 2.37. The third-order valence-electron chi connectivity index (χ3n) is 3.17. The van der Waals surface area contributed by atoms with Crippen LogP contribution >= 0.6 is 0 Å². The minimum absolute atomic E-state index is 0.251. The molecule has 2 aromatic carbocycles. The van der Waals surface area contributed by atoms with Gasteiger partial charge in [-0.3, -0.25) is 9.63 Å². The number of amides is 1. The molecule has 2 aromatic rings. The molecule has 0 aromatic heterocycles. The second-order valence-corrected chi connectivity index (χ2v) is 4.45. The zero-order valence-corrected chi connectivity index (χ0v) is 10.8. The van der Waals surface area contributed by atoms with Crippen LogP contribution in [0.5, 0.6) is 0 Å². The van der Waals surface area contributed by atoms with Gasteiger partial charge in [-0.05, 0) is 16.7 Å². The van der Waals surface area contributed by atoms with E-state index in [2.05, 4.69) is 4.84 Å². The van der Waals surface area contributed by atoms with Crippen LogP contribution < -0.4 is 11.6 Å². The molecule has 0 saturated heterocycles. The van der Waals surface area contributed by atoms with Gasteiger partial charge in [-0.1, -0.05) is 54.6 Å². The maximum absolute atomic E-state index is 11.8. The van der Waals surface area contributed by atoms with E-state index in [-0.39, 0.29) is 6.61 Å². The molecule has 5 N–H and O–H groups in total. The SMILES string of the molecule is NOCc1ccc(C(O)(C(N)=O)c2ccccc2)cc1. The van der Waals surface area contributed by atoms with Crippen molar-refractivity contribution in [2.24, 2.45) is 11.6 Å². The Labute approximate surface area is 116 Å². The summed E-state index contributed by atoms with van der Waals surface area (Å²) in [7, 11) is 0. The van der Waals surface area contributed by atoms with Crippen molar-refractivity contribution in [3.05, 3.63) is 71.3 Å². The smallest absolute Gasteiger partial charge is 0.258 e. The standard InChI is InChI=1S/C15H16N2O3/c16-14(18)15(19,12-4-2-1-3-5-12)13-8-6-11(7-9-13)10-20-17/h1-9,19H,10,17H2,(H2,16,18). The average molecular weight is 272 g/mol. The molecule has 0 aliphatic rings. The number of rotatable bonds is 5. The lowest BCUT2D eigenvalue weighted by Gasteiger charge is -2.25. The minimum atomic E-state index is -1.86. The number of nitrogens with two attached hydrogens (primary N) is 2. The fourth-order valence-corrected chi connectivity index (χ4v) is 2.07. The highest BCUT2D eigenvalue weighted by molar-refractivity contribution is 5.88. The van der Waals surface area contributed by atoms with Crippen molar-refractivity contribution in [3.63, 3.8) is 0 Å². The lowest BCUT2D eigenvalue weighted by atomic mass is 9.85. The largest absolute Gasteiger partial charge is 0.372 e. The molecule has 0 heterocycles. The van der Waals surface area contributed by atoms with Gasteiger partial charge in [0.25, 0.3) is 5.91 Å². The molecule has 5 nitrogen and oxygen atoms in total. The molecule has 0 fully saturated rings. The van der Waals surface area contributed by atoms with Gasteiger partial charge in [0, 0.05) is 0 Å². The van der Waals surface area contributed by atoms with E-state index in [0.29, 0.717) is 11.1 Å². The van der Waals surface area contributed by atoms with Gasteiger partial charge < -0.3 is 10.8 Å². The van der Waals surface area contributed by atoms with E-state index in [9.17, 15) is 9.90 Å². The third kappa shape index (κ3) is 2.55. The molecule has 0 saturated carbocycles. The zero-order chi connectivity index (χ0) is 14.6. The van der Waals surface area contributed by atoms with Gasteiger partial charge in [-0.15, -0.1) is 0 Å². The normalized spacial score (nSPS) is 13.7. The predicted molar refractivity (Wildman–Crippen MR) is 74.1 cm³/mol. The summed E-state index contributed by atoms with van der Waals surface area (Å²) in [6.45, 7) is 0.251. The van der Waals surface area contributed by atoms with Crippen molar-refractivity contribution in [2.45, 2.75) is 12.2 Å². The molecule has 1 amide bonds. The van der Waals surface area contributed by atoms with E-state index in [1.54, 1.807) is 54.6 Å². The van der Waals surface area contributed by atoms with Gasteiger partial charge >= 0.3 is 0 Å². The minimum Gasteiger partial charge on any atom is -0.372 e. The van der Waals surface area contributed by atoms with Crippen LogP contribution in [0.3, 0.4) is 0 Å². The van der Waals surface area contributed by atoms with Crippen molar-refractivity contribution in [1.82, 2.24) is 0 Å². The maximum Gasteiger partial charge on any atom is 0.258 e. The van der Waals surface area contributed by atoms with E-state index in [4.69, 9.17) is 11.6 Å². The Morgan fingerprint density at radius 1 is 1.05 bits per heavy atom. The highest BCUT2D eigenvalue weighted by Crippen LogP contribution is 2.29. The number of hydrogen-bond acceptors (Lipinski definition) is 4. The van der Waals surface area contributed by atoms with Crippen molar-refractivity contribution in [3.8, 4) is 0 Å². The molecule has 0 aliphatic carbocycles. The molecule has 0 spiro atoms. The van der Waals surface area contributed by atoms with Crippen LogP contribution in [0, 0.1) is 0 Å². The predicted octanol–water partition coefficient (Wildman–Crippen LogP) is 0.798. The Bertz CT molecular complexity index is 584.